The number of hydrogen-bond acceptors (Lipinski definition) is 2. The normalized spacial score (nSPS) is 9.82. The maximum absolute atomic E-state index is 3.95. The van der Waals surface area contributed by atoms with Gasteiger partial charge in [0.1, 0.15) is 0 Å². The summed E-state index contributed by atoms with van der Waals surface area (Å²) in [6.07, 6.45) is 1.88. The maximum atomic E-state index is 3.95. The van der Waals surface area contributed by atoms with Crippen molar-refractivity contribution < 1.29 is 0 Å². The van der Waals surface area contributed by atoms with Gasteiger partial charge in [-0.3, -0.25) is 0 Å². The summed E-state index contributed by atoms with van der Waals surface area (Å²) in [5.41, 5.74) is 1.12. The molecular weight excluding hydrogens is 136 g/mol. The molecule has 0 atom stereocenters. The van der Waals surface area contributed by atoms with E-state index in [1.807, 2.05) is 27.2 Å². The van der Waals surface area contributed by atoms with Crippen LogP contribution in [0.5, 0.6) is 0 Å². The average molecular weight is 154 g/mol. The fraction of sp³-hybridized carbons (Fsp3) is 0.556. The van der Waals surface area contributed by atoms with E-state index < -0.39 is 0 Å². The number of rotatable bonds is 5. The zero-order valence-corrected chi connectivity index (χ0v) is 7.80. The molecule has 2 heteroatoms. The lowest BCUT2D eigenvalue weighted by Gasteiger charge is -2.22. The highest BCUT2D eigenvalue weighted by Gasteiger charge is 1.99. The summed E-state index contributed by atoms with van der Waals surface area (Å²) in [4.78, 5) is 4.19. The second-order valence-corrected chi connectivity index (χ2v) is 2.97. The second-order valence-electron chi connectivity index (χ2n) is 2.97. The lowest BCUT2D eigenvalue weighted by atomic mass is 10.4. The monoisotopic (exact) mass is 154 g/mol. The average Bonchev–Trinajstić information content (AvgIpc) is 1.86. The first-order valence-corrected chi connectivity index (χ1v) is 3.72. The number of hydrogen-bond donors (Lipinski definition) is 0. The third kappa shape index (κ3) is 4.62. The minimum Gasteiger partial charge on any atom is -0.374 e. The van der Waals surface area contributed by atoms with Gasteiger partial charge in [0.05, 0.1) is 0 Å². The van der Waals surface area contributed by atoms with Crippen LogP contribution in [0.25, 0.3) is 0 Å². The van der Waals surface area contributed by atoms with Crippen molar-refractivity contribution in [2.45, 2.75) is 0 Å². The van der Waals surface area contributed by atoms with Crippen LogP contribution in [0.1, 0.15) is 0 Å². The molecule has 0 radical (unpaired) electrons. The van der Waals surface area contributed by atoms with E-state index in [1.54, 1.807) is 0 Å². The molecular formula is C9H18N2. The largest absolute Gasteiger partial charge is 0.374 e. The van der Waals surface area contributed by atoms with Crippen LogP contribution in [0.4, 0.5) is 0 Å². The molecule has 0 saturated heterocycles. The quantitative estimate of drug-likeness (QED) is 0.549. The van der Waals surface area contributed by atoms with Crippen LogP contribution in [-0.4, -0.2) is 44.0 Å². The lowest BCUT2D eigenvalue weighted by Crippen LogP contribution is -2.25. The molecule has 0 aromatic carbocycles. The molecule has 0 bridgehead atoms. The SMILES string of the molecule is C=CCN(C)C(=C)CN(C)C. The molecule has 0 aliphatic heterocycles. The van der Waals surface area contributed by atoms with E-state index in [0.717, 1.165) is 18.8 Å². The molecule has 2 nitrogen and oxygen atoms in total. The highest BCUT2D eigenvalue weighted by atomic mass is 15.2. The van der Waals surface area contributed by atoms with Crippen molar-refractivity contribution in [2.24, 2.45) is 0 Å². The van der Waals surface area contributed by atoms with Gasteiger partial charge < -0.3 is 9.80 Å². The summed E-state index contributed by atoms with van der Waals surface area (Å²) in [7, 11) is 6.09. The van der Waals surface area contributed by atoms with Crippen molar-refractivity contribution >= 4 is 0 Å². The Morgan fingerprint density at radius 2 is 1.91 bits per heavy atom. The Balaban J connectivity index is 3.72. The van der Waals surface area contributed by atoms with Crippen molar-refractivity contribution in [3.8, 4) is 0 Å². The Hall–Kier alpha value is -0.760. The van der Waals surface area contributed by atoms with Crippen LogP contribution in [0.15, 0.2) is 24.9 Å². The topological polar surface area (TPSA) is 6.48 Å². The van der Waals surface area contributed by atoms with Gasteiger partial charge in [0.15, 0.2) is 0 Å². The zero-order valence-electron chi connectivity index (χ0n) is 7.80. The fourth-order valence-electron chi connectivity index (χ4n) is 0.808. The van der Waals surface area contributed by atoms with E-state index in [0.29, 0.717) is 0 Å². The second kappa shape index (κ2) is 4.97. The summed E-state index contributed by atoms with van der Waals surface area (Å²) in [5, 5.41) is 0. The van der Waals surface area contributed by atoms with E-state index in [4.69, 9.17) is 0 Å². The van der Waals surface area contributed by atoms with Crippen molar-refractivity contribution in [1.82, 2.24) is 9.80 Å². The molecule has 11 heavy (non-hydrogen) atoms. The van der Waals surface area contributed by atoms with Crippen LogP contribution >= 0.6 is 0 Å². The smallest absolute Gasteiger partial charge is 0.0371 e. The van der Waals surface area contributed by atoms with Gasteiger partial charge in [-0.15, -0.1) is 6.58 Å². The number of nitrogens with zero attached hydrogens (tertiary/aromatic N) is 2. The molecule has 0 aromatic heterocycles. The van der Waals surface area contributed by atoms with Crippen LogP contribution in [0.3, 0.4) is 0 Å². The molecule has 0 unspecified atom stereocenters. The van der Waals surface area contributed by atoms with Crippen LogP contribution in [-0.2, 0) is 0 Å². The molecule has 0 saturated carbocycles. The van der Waals surface area contributed by atoms with Crippen molar-refractivity contribution in [3.63, 3.8) is 0 Å². The van der Waals surface area contributed by atoms with E-state index >= 15 is 0 Å². The van der Waals surface area contributed by atoms with Gasteiger partial charge in [0.25, 0.3) is 0 Å². The van der Waals surface area contributed by atoms with Crippen LogP contribution in [0, 0.1) is 0 Å². The molecule has 0 aromatic rings. The Labute approximate surface area is 69.8 Å². The van der Waals surface area contributed by atoms with E-state index in [-0.39, 0.29) is 0 Å². The first-order valence-electron chi connectivity index (χ1n) is 3.72. The zero-order chi connectivity index (χ0) is 8.85. The van der Waals surface area contributed by atoms with Gasteiger partial charge in [-0.25, -0.2) is 0 Å². The molecule has 0 rings (SSSR count). The Morgan fingerprint density at radius 1 is 1.36 bits per heavy atom. The molecule has 0 spiro atoms. The maximum Gasteiger partial charge on any atom is 0.0371 e. The molecule has 0 amide bonds. The summed E-state index contributed by atoms with van der Waals surface area (Å²) in [6.45, 7) is 9.39. The standard InChI is InChI=1S/C9H18N2/c1-6-7-11(5)9(2)8-10(3)4/h6H,1-2,7-8H2,3-5H3. The molecule has 64 valence electrons. The molecule has 0 fully saturated rings. The minimum absolute atomic E-state index is 0.868. The molecule has 0 N–H and O–H groups in total. The summed E-state index contributed by atoms with van der Waals surface area (Å²) < 4.78 is 0. The Bertz CT molecular complexity index is 138. The summed E-state index contributed by atoms with van der Waals surface area (Å²) in [6, 6.07) is 0. The van der Waals surface area contributed by atoms with Gasteiger partial charge in [-0.05, 0) is 14.1 Å². The molecule has 0 heterocycles. The highest BCUT2D eigenvalue weighted by molar-refractivity contribution is 4.96. The van der Waals surface area contributed by atoms with Gasteiger partial charge >= 0.3 is 0 Å². The summed E-state index contributed by atoms with van der Waals surface area (Å²) in [5.74, 6) is 0. The van der Waals surface area contributed by atoms with Gasteiger partial charge in [0, 0.05) is 25.8 Å². The number of likely N-dealkylation sites (N-methyl/N-ethyl adjacent to an activating group) is 2. The lowest BCUT2D eigenvalue weighted by molar-refractivity contribution is 0.366. The Morgan fingerprint density at radius 3 is 2.27 bits per heavy atom. The minimum atomic E-state index is 0.868. The van der Waals surface area contributed by atoms with Gasteiger partial charge in [0.2, 0.25) is 0 Å². The summed E-state index contributed by atoms with van der Waals surface area (Å²) >= 11 is 0. The van der Waals surface area contributed by atoms with Crippen LogP contribution < -0.4 is 0 Å². The third-order valence-electron chi connectivity index (χ3n) is 1.44. The first kappa shape index (κ1) is 10.2. The van der Waals surface area contributed by atoms with E-state index in [2.05, 4.69) is 23.0 Å². The van der Waals surface area contributed by atoms with Crippen molar-refractivity contribution in [1.29, 1.82) is 0 Å². The Kier molecular flexibility index (Phi) is 4.62. The van der Waals surface area contributed by atoms with Gasteiger partial charge in [-0.1, -0.05) is 12.7 Å². The van der Waals surface area contributed by atoms with Crippen molar-refractivity contribution in [2.75, 3.05) is 34.2 Å². The van der Waals surface area contributed by atoms with Crippen LogP contribution in [0.2, 0.25) is 0 Å². The predicted molar refractivity (Wildman–Crippen MR) is 50.5 cm³/mol. The van der Waals surface area contributed by atoms with E-state index in [1.165, 1.54) is 0 Å². The third-order valence-corrected chi connectivity index (χ3v) is 1.44. The fourth-order valence-corrected chi connectivity index (χ4v) is 0.808. The van der Waals surface area contributed by atoms with Gasteiger partial charge in [-0.2, -0.15) is 0 Å². The van der Waals surface area contributed by atoms with Crippen molar-refractivity contribution in [3.05, 3.63) is 24.9 Å². The molecule has 0 aliphatic rings. The predicted octanol–water partition coefficient (Wildman–Crippen LogP) is 1.18. The molecule has 0 aliphatic carbocycles. The van der Waals surface area contributed by atoms with E-state index in [9.17, 15) is 0 Å². The highest BCUT2D eigenvalue weighted by Crippen LogP contribution is 1.98. The first-order chi connectivity index (χ1) is 5.07.